The summed E-state index contributed by atoms with van der Waals surface area (Å²) in [4.78, 5) is 5.32. The van der Waals surface area contributed by atoms with Crippen molar-refractivity contribution in [1.29, 1.82) is 0 Å². The Morgan fingerprint density at radius 1 is 1.35 bits per heavy atom. The molecule has 5 heteroatoms. The van der Waals surface area contributed by atoms with Gasteiger partial charge in [-0.05, 0) is 44.5 Å². The van der Waals surface area contributed by atoms with E-state index in [0.29, 0.717) is 6.54 Å². The van der Waals surface area contributed by atoms with Crippen LogP contribution >= 0.6 is 11.8 Å². The molecular weight excluding hydrogens is 273 g/mol. The largest absolute Gasteiger partial charge is 0.329 e. The second-order valence-corrected chi connectivity index (χ2v) is 6.79. The molecule has 3 nitrogen and oxygen atoms in total. The van der Waals surface area contributed by atoms with Gasteiger partial charge in [0.1, 0.15) is 5.82 Å². The van der Waals surface area contributed by atoms with Gasteiger partial charge in [0, 0.05) is 36.4 Å². The summed E-state index contributed by atoms with van der Waals surface area (Å²) in [6.45, 7) is 6.92. The molecule has 0 radical (unpaired) electrons. The Morgan fingerprint density at radius 2 is 2.10 bits per heavy atom. The highest BCUT2D eigenvalue weighted by molar-refractivity contribution is 7.99. The maximum Gasteiger partial charge on any atom is 0.172 e. The molecule has 0 saturated heterocycles. The van der Waals surface area contributed by atoms with E-state index in [9.17, 15) is 4.39 Å². The fraction of sp³-hybridized carbons (Fsp3) is 0.400. The Hall–Kier alpha value is -1.33. The molecule has 0 atom stereocenters. The predicted octanol–water partition coefficient (Wildman–Crippen LogP) is 3.60. The smallest absolute Gasteiger partial charge is 0.172 e. The highest BCUT2D eigenvalue weighted by atomic mass is 32.2. The van der Waals surface area contributed by atoms with Gasteiger partial charge in [-0.3, -0.25) is 0 Å². The van der Waals surface area contributed by atoms with Crippen LogP contribution in [0, 0.1) is 5.82 Å². The van der Waals surface area contributed by atoms with E-state index in [1.54, 1.807) is 24.0 Å². The summed E-state index contributed by atoms with van der Waals surface area (Å²) in [6.07, 6.45) is 3.66. The van der Waals surface area contributed by atoms with E-state index in [4.69, 9.17) is 0 Å². The minimum atomic E-state index is -0.208. The zero-order valence-electron chi connectivity index (χ0n) is 12.3. The van der Waals surface area contributed by atoms with E-state index in [1.165, 1.54) is 6.07 Å². The minimum Gasteiger partial charge on any atom is -0.329 e. The van der Waals surface area contributed by atoms with Gasteiger partial charge in [0.25, 0.3) is 0 Å². The SMILES string of the molecule is Cn1ccnc1Sc1ccc(F)cc1CNC(C)(C)C. The molecule has 0 saturated carbocycles. The molecule has 0 unspecified atom stereocenters. The number of benzene rings is 1. The third-order valence-electron chi connectivity index (χ3n) is 2.81. The summed E-state index contributed by atoms with van der Waals surface area (Å²) in [6, 6.07) is 4.89. The Morgan fingerprint density at radius 3 is 2.70 bits per heavy atom. The number of hydrogen-bond donors (Lipinski definition) is 1. The van der Waals surface area contributed by atoms with Crippen LogP contribution in [0.25, 0.3) is 0 Å². The Labute approximate surface area is 123 Å². The number of imidazole rings is 1. The van der Waals surface area contributed by atoms with Gasteiger partial charge in [0.2, 0.25) is 0 Å². The molecule has 0 aliphatic carbocycles. The van der Waals surface area contributed by atoms with Gasteiger partial charge in [-0.2, -0.15) is 0 Å². The number of aromatic nitrogens is 2. The van der Waals surface area contributed by atoms with E-state index in [-0.39, 0.29) is 11.4 Å². The van der Waals surface area contributed by atoms with Gasteiger partial charge in [-0.1, -0.05) is 11.8 Å². The first-order valence-corrected chi connectivity index (χ1v) is 7.35. The zero-order chi connectivity index (χ0) is 14.8. The maximum absolute atomic E-state index is 13.5. The summed E-state index contributed by atoms with van der Waals surface area (Å²) in [5.41, 5.74) is 0.949. The number of aryl methyl sites for hydroxylation is 1. The molecule has 20 heavy (non-hydrogen) atoms. The van der Waals surface area contributed by atoms with Crippen molar-refractivity contribution in [1.82, 2.24) is 14.9 Å². The van der Waals surface area contributed by atoms with Crippen molar-refractivity contribution < 1.29 is 4.39 Å². The van der Waals surface area contributed by atoms with Crippen LogP contribution < -0.4 is 5.32 Å². The number of nitrogens with one attached hydrogen (secondary N) is 1. The van der Waals surface area contributed by atoms with Crippen LogP contribution in [-0.2, 0) is 13.6 Å². The van der Waals surface area contributed by atoms with Crippen LogP contribution in [0.4, 0.5) is 4.39 Å². The molecule has 1 aromatic heterocycles. The van der Waals surface area contributed by atoms with Crippen LogP contribution in [-0.4, -0.2) is 15.1 Å². The lowest BCUT2D eigenvalue weighted by atomic mass is 10.1. The second kappa shape index (κ2) is 5.97. The van der Waals surface area contributed by atoms with Crippen molar-refractivity contribution in [2.75, 3.05) is 0 Å². The average molecular weight is 293 g/mol. The first kappa shape index (κ1) is 15.1. The highest BCUT2D eigenvalue weighted by Crippen LogP contribution is 2.29. The predicted molar refractivity (Wildman–Crippen MR) is 80.3 cm³/mol. The van der Waals surface area contributed by atoms with Crippen LogP contribution in [0.2, 0.25) is 0 Å². The third-order valence-corrected chi connectivity index (χ3v) is 4.00. The molecule has 2 aromatic rings. The normalized spacial score (nSPS) is 11.8. The Bertz CT molecular complexity index is 587. The van der Waals surface area contributed by atoms with Crippen LogP contribution in [0.3, 0.4) is 0 Å². The standard InChI is InChI=1S/C15H20FN3S/c1-15(2,3)18-10-11-9-12(16)5-6-13(11)20-14-17-7-8-19(14)4/h5-9,18H,10H2,1-4H3. The van der Waals surface area contributed by atoms with Gasteiger partial charge in [-0.15, -0.1) is 0 Å². The molecule has 0 aliphatic rings. The topological polar surface area (TPSA) is 29.9 Å². The lowest BCUT2D eigenvalue weighted by Crippen LogP contribution is -2.35. The molecule has 0 amide bonds. The zero-order valence-corrected chi connectivity index (χ0v) is 13.1. The van der Waals surface area contributed by atoms with E-state index in [2.05, 4.69) is 31.1 Å². The molecule has 0 fully saturated rings. The Balaban J connectivity index is 2.21. The molecule has 0 bridgehead atoms. The van der Waals surface area contributed by atoms with Crippen molar-refractivity contribution in [2.24, 2.45) is 7.05 Å². The fourth-order valence-corrected chi connectivity index (χ4v) is 2.61. The molecule has 1 aromatic carbocycles. The van der Waals surface area contributed by atoms with E-state index in [0.717, 1.165) is 15.6 Å². The number of halogens is 1. The number of nitrogens with zero attached hydrogens (tertiary/aromatic N) is 2. The van der Waals surface area contributed by atoms with Crippen molar-refractivity contribution >= 4 is 11.8 Å². The van der Waals surface area contributed by atoms with Crippen molar-refractivity contribution in [3.63, 3.8) is 0 Å². The first-order valence-electron chi connectivity index (χ1n) is 6.54. The van der Waals surface area contributed by atoms with E-state index >= 15 is 0 Å². The van der Waals surface area contributed by atoms with Crippen LogP contribution in [0.15, 0.2) is 40.6 Å². The summed E-state index contributed by atoms with van der Waals surface area (Å²) >= 11 is 1.55. The summed E-state index contributed by atoms with van der Waals surface area (Å²) in [5, 5.41) is 4.29. The molecule has 108 valence electrons. The van der Waals surface area contributed by atoms with Gasteiger partial charge >= 0.3 is 0 Å². The first-order chi connectivity index (χ1) is 9.35. The van der Waals surface area contributed by atoms with Crippen molar-refractivity contribution in [3.05, 3.63) is 42.0 Å². The average Bonchev–Trinajstić information content (AvgIpc) is 2.74. The van der Waals surface area contributed by atoms with Gasteiger partial charge in [-0.25, -0.2) is 9.37 Å². The van der Waals surface area contributed by atoms with Crippen LogP contribution in [0.1, 0.15) is 26.3 Å². The summed E-state index contributed by atoms with van der Waals surface area (Å²) < 4.78 is 15.4. The monoisotopic (exact) mass is 293 g/mol. The molecule has 1 heterocycles. The molecule has 1 N–H and O–H groups in total. The van der Waals surface area contributed by atoms with E-state index in [1.807, 2.05) is 23.9 Å². The summed E-state index contributed by atoms with van der Waals surface area (Å²) in [5.74, 6) is -0.208. The van der Waals surface area contributed by atoms with Crippen LogP contribution in [0.5, 0.6) is 0 Å². The van der Waals surface area contributed by atoms with E-state index < -0.39 is 0 Å². The number of rotatable bonds is 4. The van der Waals surface area contributed by atoms with Crippen molar-refractivity contribution in [2.45, 2.75) is 42.9 Å². The molecule has 2 rings (SSSR count). The number of hydrogen-bond acceptors (Lipinski definition) is 3. The quantitative estimate of drug-likeness (QED) is 0.934. The van der Waals surface area contributed by atoms with Gasteiger partial charge in [0.05, 0.1) is 0 Å². The van der Waals surface area contributed by atoms with Gasteiger partial charge < -0.3 is 9.88 Å². The lowest BCUT2D eigenvalue weighted by molar-refractivity contribution is 0.422. The second-order valence-electron chi connectivity index (χ2n) is 5.78. The van der Waals surface area contributed by atoms with Gasteiger partial charge in [0.15, 0.2) is 5.16 Å². The molecule has 0 spiro atoms. The van der Waals surface area contributed by atoms with Crippen molar-refractivity contribution in [3.8, 4) is 0 Å². The Kier molecular flexibility index (Phi) is 4.50. The fourth-order valence-electron chi connectivity index (χ4n) is 1.69. The maximum atomic E-state index is 13.5. The highest BCUT2D eigenvalue weighted by Gasteiger charge is 2.13. The molecular formula is C15H20FN3S. The summed E-state index contributed by atoms with van der Waals surface area (Å²) in [7, 11) is 1.95. The third kappa shape index (κ3) is 4.08. The lowest BCUT2D eigenvalue weighted by Gasteiger charge is -2.21. The minimum absolute atomic E-state index is 0.00250. The molecule has 0 aliphatic heterocycles.